The van der Waals surface area contributed by atoms with E-state index in [9.17, 15) is 4.39 Å². The van der Waals surface area contributed by atoms with Crippen molar-refractivity contribution in [2.75, 3.05) is 146 Å². The quantitative estimate of drug-likeness (QED) is 0.0389. The summed E-state index contributed by atoms with van der Waals surface area (Å²) < 4.78 is 16.0. The van der Waals surface area contributed by atoms with E-state index in [4.69, 9.17) is 10.5 Å². The molecule has 8 N–H and O–H groups in total. The highest BCUT2D eigenvalue weighted by atomic mass is 19.1. The van der Waals surface area contributed by atoms with Crippen LogP contribution in [0.2, 0.25) is 0 Å². The summed E-state index contributed by atoms with van der Waals surface area (Å²) in [6.45, 7) is 62.7. The third-order valence-corrected chi connectivity index (χ3v) is 10.2. The monoisotopic (exact) mass is 993 g/mol. The van der Waals surface area contributed by atoms with E-state index in [-0.39, 0.29) is 6.67 Å². The topological polar surface area (TPSA) is 123 Å². The molecule has 4 fully saturated rings. The van der Waals surface area contributed by atoms with Crippen LogP contribution >= 0.6 is 0 Å². The number of methoxy groups -OCH3 is 1. The zero-order chi connectivity index (χ0) is 54.0. The van der Waals surface area contributed by atoms with Gasteiger partial charge in [-0.1, -0.05) is 103 Å². The molecule has 14 heteroatoms. The van der Waals surface area contributed by atoms with Crippen LogP contribution in [-0.4, -0.2) is 225 Å². The average Bonchev–Trinajstić information content (AvgIpc) is 3.88. The number of hydrogen-bond donors (Lipinski definition) is 7. The molecule has 13 nitrogen and oxygen atoms in total. The summed E-state index contributed by atoms with van der Waals surface area (Å²) in [6.07, 6.45) is 7.87. The molecule has 4 rings (SSSR count). The molecule has 0 aromatic heterocycles. The first-order valence-corrected chi connectivity index (χ1v) is 27.8. The van der Waals surface area contributed by atoms with Gasteiger partial charge in [0.1, 0.15) is 6.67 Å². The number of nitrogens with two attached hydrogens (primary N) is 1. The fourth-order valence-corrected chi connectivity index (χ4v) is 5.54. The predicted octanol–water partition coefficient (Wildman–Crippen LogP) is 7.24. The Bertz CT molecular complexity index is 928. The molecule has 0 spiro atoms. The van der Waals surface area contributed by atoms with E-state index in [1.165, 1.54) is 97.7 Å². The number of rotatable bonds is 24. The Morgan fingerprint density at radius 2 is 0.812 bits per heavy atom. The lowest BCUT2D eigenvalue weighted by atomic mass is 10.2. The lowest BCUT2D eigenvalue weighted by molar-refractivity contribution is 0.134. The van der Waals surface area contributed by atoms with Gasteiger partial charge in [0.15, 0.2) is 0 Å². The lowest BCUT2D eigenvalue weighted by Gasteiger charge is -2.34. The Hall–Kier alpha value is -0.850. The third kappa shape index (κ3) is 81.5. The van der Waals surface area contributed by atoms with Gasteiger partial charge in [0.25, 0.3) is 0 Å². The molecule has 0 aromatic carbocycles. The van der Waals surface area contributed by atoms with Gasteiger partial charge in [-0.15, -0.1) is 6.58 Å². The number of nitrogens with zero attached hydrogens (tertiary/aromatic N) is 5. The second-order valence-corrected chi connectivity index (χ2v) is 21.5. The number of nitrogens with one attached hydrogen (secondary N) is 6. The van der Waals surface area contributed by atoms with Crippen molar-refractivity contribution in [1.82, 2.24) is 56.4 Å². The van der Waals surface area contributed by atoms with Crippen molar-refractivity contribution in [2.24, 2.45) is 5.73 Å². The predicted molar refractivity (Wildman–Crippen MR) is 310 cm³/mol. The summed E-state index contributed by atoms with van der Waals surface area (Å²) in [5, 5.41) is 19.6. The van der Waals surface area contributed by atoms with Crippen molar-refractivity contribution < 1.29 is 9.13 Å². The van der Waals surface area contributed by atoms with Crippen molar-refractivity contribution in [1.29, 1.82) is 0 Å². The van der Waals surface area contributed by atoms with Gasteiger partial charge in [-0.2, -0.15) is 0 Å². The van der Waals surface area contributed by atoms with Crippen LogP contribution in [0.4, 0.5) is 4.39 Å². The molecule has 0 aromatic rings. The van der Waals surface area contributed by atoms with Crippen molar-refractivity contribution in [3.63, 3.8) is 0 Å². The van der Waals surface area contributed by atoms with E-state index in [0.29, 0.717) is 54.9 Å². The molecule has 0 radical (unpaired) electrons. The first-order valence-electron chi connectivity index (χ1n) is 27.8. The number of likely N-dealkylation sites (N-methyl/N-ethyl adjacent to an activating group) is 1. The Morgan fingerprint density at radius 3 is 0.986 bits per heavy atom. The zero-order valence-corrected chi connectivity index (χ0v) is 50.3. The second kappa shape index (κ2) is 56.4. The smallest absolute Gasteiger partial charge is 0.102 e. The van der Waals surface area contributed by atoms with E-state index < -0.39 is 0 Å². The number of hydrogen-bond acceptors (Lipinski definition) is 13. The molecule has 69 heavy (non-hydrogen) atoms. The Balaban J connectivity index is -0.000000226. The van der Waals surface area contributed by atoms with Gasteiger partial charge in [-0.05, 0) is 113 Å². The summed E-state index contributed by atoms with van der Waals surface area (Å²) in [6, 6.07) is 4.65. The molecule has 0 aliphatic carbocycles. The summed E-state index contributed by atoms with van der Waals surface area (Å²) in [7, 11) is 5.87. The summed E-state index contributed by atoms with van der Waals surface area (Å²) in [5.74, 6) is 0. The molecule has 4 saturated heterocycles. The molecule has 0 amide bonds. The molecule has 4 heterocycles. The van der Waals surface area contributed by atoms with Gasteiger partial charge in [-0.3, -0.25) is 4.90 Å². The Kier molecular flexibility index (Phi) is 63.0. The van der Waals surface area contributed by atoms with Crippen LogP contribution in [0.5, 0.6) is 0 Å². The van der Waals surface area contributed by atoms with Crippen LogP contribution in [0.1, 0.15) is 150 Å². The van der Waals surface area contributed by atoms with E-state index in [1.807, 2.05) is 47.6 Å². The van der Waals surface area contributed by atoms with Gasteiger partial charge < -0.3 is 62.0 Å². The van der Waals surface area contributed by atoms with Crippen molar-refractivity contribution in [3.8, 4) is 0 Å². The maximum Gasteiger partial charge on any atom is 0.102 e. The summed E-state index contributed by atoms with van der Waals surface area (Å²) in [4.78, 5) is 12.1. The molecule has 4 aliphatic heterocycles. The molecule has 0 bridgehead atoms. The highest BCUT2D eigenvalue weighted by Gasteiger charge is 2.16. The van der Waals surface area contributed by atoms with Crippen molar-refractivity contribution in [2.45, 2.75) is 205 Å². The number of alkyl halides is 1. The summed E-state index contributed by atoms with van der Waals surface area (Å²) >= 11 is 0. The van der Waals surface area contributed by atoms with E-state index in [0.717, 1.165) is 45.3 Å². The highest BCUT2D eigenvalue weighted by Crippen LogP contribution is 2.09. The van der Waals surface area contributed by atoms with Crippen LogP contribution in [-0.2, 0) is 4.74 Å². The number of ether oxygens (including phenoxy) is 1. The maximum absolute atomic E-state index is 11.3. The largest absolute Gasteiger partial charge is 0.382 e. The molecular weight excluding hydrogens is 864 g/mol. The minimum Gasteiger partial charge on any atom is -0.382 e. The van der Waals surface area contributed by atoms with Crippen molar-refractivity contribution in [3.05, 3.63) is 12.7 Å². The number of likely N-dealkylation sites (tertiary alicyclic amines) is 3. The Labute approximate surface area is 432 Å². The fraction of sp³-hybridized carbons (Fsp3) is 0.964. The van der Waals surface area contributed by atoms with Crippen LogP contribution < -0.4 is 37.6 Å². The van der Waals surface area contributed by atoms with Crippen LogP contribution in [0.15, 0.2) is 12.7 Å². The van der Waals surface area contributed by atoms with Gasteiger partial charge >= 0.3 is 0 Å². The van der Waals surface area contributed by atoms with Crippen LogP contribution in [0, 0.1) is 0 Å². The van der Waals surface area contributed by atoms with Gasteiger partial charge in [0, 0.05) is 128 Å². The highest BCUT2D eigenvalue weighted by molar-refractivity contribution is 4.74. The van der Waals surface area contributed by atoms with Gasteiger partial charge in [0.2, 0.25) is 0 Å². The molecular formula is C55H129FN12O. The standard InChI is InChI=1S/C9H20N2.C8H18N2.C7H16N2.C7H18N2.2C6H13N.C5H12FN.C4H10O.C3H9N/c1-9(2)10-5-8-11-6-3-4-7-11;1-8(2)9-4-7-10-5-3-6-10;1-7(2)8-3-4-9-5-6-9;1-7(2)8-5-6-9(3)4;1-6(2)7-4-3-5-7;1-4-5-7-6(2)3;1-5(2)7-4-3-6;1-4(2)5-3;1-3(2)4/h9-10H,3-8H2,1-2H3;8-9H,3-7H2,1-2H3;7-8H,3-6H2,1-2H3;7-8H,5-6H2,1-4H3;6H,3-5H2,1-2H3;4,6-7H,1,5H2,2-3H3;5,7H,3-4H2,1-2H3;4H,1-3H3;3H,4H2,1-2H3. The molecule has 422 valence electrons. The van der Waals surface area contributed by atoms with Gasteiger partial charge in [0.05, 0.1) is 6.10 Å². The second-order valence-electron chi connectivity index (χ2n) is 21.5. The number of halogens is 1. The van der Waals surface area contributed by atoms with E-state index in [2.05, 4.69) is 160 Å². The maximum atomic E-state index is 11.3. The molecule has 4 aliphatic rings. The minimum absolute atomic E-state index is 0.266. The normalized spacial score (nSPS) is 15.5. The van der Waals surface area contributed by atoms with Crippen LogP contribution in [0.25, 0.3) is 0 Å². The SMILES string of the molecule is C=CCNC(C)C.CC(C)N.CC(C)N1CCC1.CC(C)NCCF.CC(C)NCCN(C)C.CC(C)NCCN1CC1.CC(C)NCCN1CCC1.CC(C)NCCN1CCCC1.COC(C)C. The van der Waals surface area contributed by atoms with E-state index in [1.54, 1.807) is 7.11 Å². The summed E-state index contributed by atoms with van der Waals surface area (Å²) in [5.41, 5.74) is 5.11. The van der Waals surface area contributed by atoms with E-state index >= 15 is 0 Å². The average molecular weight is 994 g/mol. The van der Waals surface area contributed by atoms with Crippen molar-refractivity contribution >= 4 is 0 Å². The fourth-order valence-electron chi connectivity index (χ4n) is 5.54. The molecule has 0 unspecified atom stereocenters. The van der Waals surface area contributed by atoms with Gasteiger partial charge in [-0.25, -0.2) is 4.39 Å². The molecule has 0 saturated carbocycles. The lowest BCUT2D eigenvalue weighted by Crippen LogP contribution is -2.42. The Morgan fingerprint density at radius 1 is 0.507 bits per heavy atom. The first-order chi connectivity index (χ1) is 32.3. The first kappa shape index (κ1) is 77.1. The minimum atomic E-state index is -0.266. The van der Waals surface area contributed by atoms with Crippen LogP contribution in [0.3, 0.4) is 0 Å². The third-order valence-electron chi connectivity index (χ3n) is 10.2. The molecule has 0 atom stereocenters. The zero-order valence-electron chi connectivity index (χ0n) is 50.3.